The van der Waals surface area contributed by atoms with Crippen LogP contribution in [0, 0.1) is 0 Å². The minimum absolute atomic E-state index is 0.0572. The summed E-state index contributed by atoms with van der Waals surface area (Å²) in [7, 11) is 1.74. The average Bonchev–Trinajstić information content (AvgIpc) is 2.71. The van der Waals surface area contributed by atoms with Crippen molar-refractivity contribution in [2.45, 2.75) is 31.3 Å². The maximum Gasteiger partial charge on any atom is 0.122 e. The van der Waals surface area contributed by atoms with Gasteiger partial charge in [-0.3, -0.25) is 0 Å². The van der Waals surface area contributed by atoms with Gasteiger partial charge in [0.1, 0.15) is 5.75 Å². The Bertz CT molecular complexity index is 900. The molecule has 3 aromatic rings. The monoisotopic (exact) mass is 347 g/mol. The molecule has 0 spiro atoms. The van der Waals surface area contributed by atoms with Crippen LogP contribution in [0.25, 0.3) is 10.8 Å². The Morgan fingerprint density at radius 3 is 2.73 bits per heavy atom. The molecular formula is C23H25NO2. The van der Waals surface area contributed by atoms with Crippen LogP contribution in [0.3, 0.4) is 0 Å². The van der Waals surface area contributed by atoms with Crippen molar-refractivity contribution in [3.05, 3.63) is 77.4 Å². The molecule has 0 heterocycles. The summed E-state index contributed by atoms with van der Waals surface area (Å²) in [5.41, 5.74) is 3.85. The Hall–Kier alpha value is -2.36. The first kappa shape index (κ1) is 17.1. The van der Waals surface area contributed by atoms with Crippen molar-refractivity contribution in [1.29, 1.82) is 0 Å². The zero-order valence-electron chi connectivity index (χ0n) is 15.1. The first-order valence-corrected chi connectivity index (χ1v) is 9.29. The van der Waals surface area contributed by atoms with Crippen molar-refractivity contribution in [2.24, 2.45) is 0 Å². The second kappa shape index (κ2) is 7.48. The third-order valence-corrected chi connectivity index (χ3v) is 5.48. The van der Waals surface area contributed by atoms with Crippen molar-refractivity contribution in [3.63, 3.8) is 0 Å². The zero-order valence-corrected chi connectivity index (χ0v) is 15.1. The number of hydrogen-bond acceptors (Lipinski definition) is 3. The predicted molar refractivity (Wildman–Crippen MR) is 106 cm³/mol. The first-order valence-electron chi connectivity index (χ1n) is 9.29. The largest absolute Gasteiger partial charge is 0.496 e. The number of aliphatic hydroxyl groups is 1. The highest BCUT2D eigenvalue weighted by atomic mass is 16.5. The van der Waals surface area contributed by atoms with Crippen LogP contribution >= 0.6 is 0 Å². The zero-order chi connectivity index (χ0) is 17.9. The summed E-state index contributed by atoms with van der Waals surface area (Å²) in [6.07, 6.45) is 3.02. The van der Waals surface area contributed by atoms with Gasteiger partial charge in [0.05, 0.1) is 19.8 Å². The minimum Gasteiger partial charge on any atom is -0.496 e. The van der Waals surface area contributed by atoms with Crippen LogP contribution in [0.5, 0.6) is 5.75 Å². The van der Waals surface area contributed by atoms with E-state index in [0.717, 1.165) is 25.0 Å². The van der Waals surface area contributed by atoms with Gasteiger partial charge >= 0.3 is 0 Å². The van der Waals surface area contributed by atoms with Gasteiger partial charge in [0.15, 0.2) is 0 Å². The fourth-order valence-corrected chi connectivity index (χ4v) is 4.19. The molecule has 0 aliphatic heterocycles. The smallest absolute Gasteiger partial charge is 0.122 e. The van der Waals surface area contributed by atoms with E-state index in [-0.39, 0.29) is 12.6 Å². The highest BCUT2D eigenvalue weighted by molar-refractivity contribution is 5.86. The Labute approximate surface area is 154 Å². The van der Waals surface area contributed by atoms with Crippen molar-refractivity contribution in [1.82, 2.24) is 5.32 Å². The summed E-state index contributed by atoms with van der Waals surface area (Å²) in [6.45, 7) is 0.0927. The number of benzene rings is 3. The minimum atomic E-state index is -0.0572. The molecular weight excluding hydrogens is 322 g/mol. The van der Waals surface area contributed by atoms with Crippen LogP contribution in [0.4, 0.5) is 0 Å². The highest BCUT2D eigenvalue weighted by Crippen LogP contribution is 2.31. The maximum absolute atomic E-state index is 10.1. The lowest BCUT2D eigenvalue weighted by Crippen LogP contribution is -2.38. The first-order chi connectivity index (χ1) is 12.8. The molecule has 0 amide bonds. The molecule has 2 N–H and O–H groups in total. The van der Waals surface area contributed by atoms with E-state index in [1.54, 1.807) is 7.11 Å². The Balaban J connectivity index is 1.57. The van der Waals surface area contributed by atoms with Crippen LogP contribution in [-0.2, 0) is 12.8 Å². The van der Waals surface area contributed by atoms with E-state index in [4.69, 9.17) is 4.74 Å². The van der Waals surface area contributed by atoms with Gasteiger partial charge in [-0.2, -0.15) is 0 Å². The van der Waals surface area contributed by atoms with E-state index in [1.807, 2.05) is 6.07 Å². The second-order valence-electron chi connectivity index (χ2n) is 7.01. The molecule has 3 heteroatoms. The fourth-order valence-electron chi connectivity index (χ4n) is 4.19. The quantitative estimate of drug-likeness (QED) is 0.732. The van der Waals surface area contributed by atoms with Crippen molar-refractivity contribution in [3.8, 4) is 5.75 Å². The SMILES string of the molecule is COc1cccc2c1CC[C@H](N[C@H](CO)c1cccc3ccccc13)C2. The molecule has 4 rings (SSSR count). The lowest BCUT2D eigenvalue weighted by Gasteiger charge is -2.30. The maximum atomic E-state index is 10.1. The van der Waals surface area contributed by atoms with Gasteiger partial charge in [0.25, 0.3) is 0 Å². The van der Waals surface area contributed by atoms with Crippen molar-refractivity contribution >= 4 is 10.8 Å². The molecule has 0 fully saturated rings. The number of hydrogen-bond donors (Lipinski definition) is 2. The summed E-state index contributed by atoms with van der Waals surface area (Å²) in [5, 5.41) is 16.2. The number of rotatable bonds is 5. The molecule has 2 atom stereocenters. The summed E-state index contributed by atoms with van der Waals surface area (Å²) >= 11 is 0. The number of methoxy groups -OCH3 is 1. The molecule has 0 unspecified atom stereocenters. The van der Waals surface area contributed by atoms with Gasteiger partial charge < -0.3 is 15.2 Å². The van der Waals surface area contributed by atoms with E-state index in [9.17, 15) is 5.11 Å². The van der Waals surface area contributed by atoms with Gasteiger partial charge in [-0.1, -0.05) is 54.6 Å². The van der Waals surface area contributed by atoms with E-state index in [1.165, 1.54) is 27.5 Å². The summed E-state index contributed by atoms with van der Waals surface area (Å²) in [5.74, 6) is 0.994. The summed E-state index contributed by atoms with van der Waals surface area (Å²) < 4.78 is 5.51. The van der Waals surface area contributed by atoms with E-state index in [2.05, 4.69) is 59.9 Å². The molecule has 1 aliphatic carbocycles. The van der Waals surface area contributed by atoms with Crippen LogP contribution in [-0.4, -0.2) is 24.9 Å². The Kier molecular flexibility index (Phi) is 4.91. The number of fused-ring (bicyclic) bond motifs is 2. The number of nitrogens with one attached hydrogen (secondary N) is 1. The van der Waals surface area contributed by atoms with Crippen LogP contribution in [0.2, 0.25) is 0 Å². The fraction of sp³-hybridized carbons (Fsp3) is 0.304. The number of ether oxygens (including phenoxy) is 1. The normalized spacial score (nSPS) is 17.7. The topological polar surface area (TPSA) is 41.5 Å². The van der Waals surface area contributed by atoms with E-state index < -0.39 is 0 Å². The van der Waals surface area contributed by atoms with Crippen LogP contribution in [0.15, 0.2) is 60.7 Å². The third-order valence-electron chi connectivity index (χ3n) is 5.48. The predicted octanol–water partition coefficient (Wildman–Crippen LogP) is 4.03. The molecule has 0 aromatic heterocycles. The molecule has 0 bridgehead atoms. The average molecular weight is 347 g/mol. The van der Waals surface area contributed by atoms with Gasteiger partial charge in [0.2, 0.25) is 0 Å². The highest BCUT2D eigenvalue weighted by Gasteiger charge is 2.24. The number of aliphatic hydroxyl groups excluding tert-OH is 1. The standard InChI is InChI=1S/C23H25NO2/c1-26-23-11-5-8-17-14-18(12-13-20(17)23)24-22(15-25)21-10-4-7-16-6-2-3-9-19(16)21/h2-11,18,22,24-25H,12-15H2,1H3/t18-,22+/m0/s1. The molecule has 3 aromatic carbocycles. The molecule has 26 heavy (non-hydrogen) atoms. The molecule has 0 saturated heterocycles. The molecule has 134 valence electrons. The van der Waals surface area contributed by atoms with Gasteiger partial charge in [-0.05, 0) is 52.8 Å². The van der Waals surface area contributed by atoms with Crippen LogP contribution in [0.1, 0.15) is 29.2 Å². The van der Waals surface area contributed by atoms with Gasteiger partial charge in [0, 0.05) is 6.04 Å². The molecule has 0 saturated carbocycles. The molecule has 3 nitrogen and oxygen atoms in total. The van der Waals surface area contributed by atoms with Crippen molar-refractivity contribution < 1.29 is 9.84 Å². The Morgan fingerprint density at radius 1 is 1.08 bits per heavy atom. The summed E-state index contributed by atoms with van der Waals surface area (Å²) in [6, 6.07) is 21.3. The second-order valence-corrected chi connectivity index (χ2v) is 7.01. The molecule has 1 aliphatic rings. The molecule has 0 radical (unpaired) electrons. The lowest BCUT2D eigenvalue weighted by atomic mass is 9.87. The van der Waals surface area contributed by atoms with Crippen molar-refractivity contribution in [2.75, 3.05) is 13.7 Å². The van der Waals surface area contributed by atoms with Gasteiger partial charge in [-0.15, -0.1) is 0 Å². The van der Waals surface area contributed by atoms with E-state index >= 15 is 0 Å². The van der Waals surface area contributed by atoms with E-state index in [0.29, 0.717) is 6.04 Å². The summed E-state index contributed by atoms with van der Waals surface area (Å²) in [4.78, 5) is 0. The lowest BCUT2D eigenvalue weighted by molar-refractivity contribution is 0.229. The van der Waals surface area contributed by atoms with Gasteiger partial charge in [-0.25, -0.2) is 0 Å². The van der Waals surface area contributed by atoms with Crippen LogP contribution < -0.4 is 10.1 Å². The Morgan fingerprint density at radius 2 is 1.88 bits per heavy atom. The third kappa shape index (κ3) is 3.20.